The van der Waals surface area contributed by atoms with Crippen molar-refractivity contribution in [3.8, 4) is 0 Å². The van der Waals surface area contributed by atoms with E-state index in [0.717, 1.165) is 70.0 Å². The van der Waals surface area contributed by atoms with Crippen molar-refractivity contribution in [2.24, 2.45) is 16.8 Å². The summed E-state index contributed by atoms with van der Waals surface area (Å²) in [4.78, 5) is 6.91. The number of aliphatic imine (C=N–C) groups is 1. The molecule has 0 saturated carbocycles. The summed E-state index contributed by atoms with van der Waals surface area (Å²) < 4.78 is 11.2. The van der Waals surface area contributed by atoms with Crippen LogP contribution in [0.1, 0.15) is 46.0 Å². The molecule has 0 aromatic rings. The third kappa shape index (κ3) is 10.9. The van der Waals surface area contributed by atoms with E-state index in [-0.39, 0.29) is 24.0 Å². The monoisotopic (exact) mass is 496 g/mol. The third-order valence-electron chi connectivity index (χ3n) is 5.20. The number of nitrogens with one attached hydrogen (secondary N) is 2. The minimum absolute atomic E-state index is 0. The lowest BCUT2D eigenvalue weighted by Gasteiger charge is -2.35. The first kappa shape index (κ1) is 24.9. The van der Waals surface area contributed by atoms with E-state index in [1.54, 1.807) is 0 Å². The molecule has 2 saturated heterocycles. The number of piperidine rings is 1. The van der Waals surface area contributed by atoms with E-state index >= 15 is 0 Å². The second kappa shape index (κ2) is 14.8. The van der Waals surface area contributed by atoms with E-state index in [1.165, 1.54) is 32.5 Å². The van der Waals surface area contributed by atoms with Gasteiger partial charge in [0.25, 0.3) is 0 Å². The maximum absolute atomic E-state index is 5.69. The molecule has 2 heterocycles. The minimum atomic E-state index is 0. The summed E-state index contributed by atoms with van der Waals surface area (Å²) in [6.45, 7) is 12.7. The molecule has 0 amide bonds. The summed E-state index contributed by atoms with van der Waals surface area (Å²) in [6.07, 6.45) is 6.16. The van der Waals surface area contributed by atoms with Crippen LogP contribution >= 0.6 is 24.0 Å². The molecule has 6 nitrogen and oxygen atoms in total. The Hall–Kier alpha value is -0.120. The Morgan fingerprint density at radius 1 is 1.15 bits per heavy atom. The summed E-state index contributed by atoms with van der Waals surface area (Å²) in [7, 11) is 1.83. The number of rotatable bonds is 10. The van der Waals surface area contributed by atoms with Gasteiger partial charge in [0.05, 0.1) is 12.7 Å². The Balaban J connectivity index is 0.00000364. The minimum Gasteiger partial charge on any atom is -0.379 e. The van der Waals surface area contributed by atoms with Crippen molar-refractivity contribution in [1.29, 1.82) is 0 Å². The molecule has 0 bridgehead atoms. The first-order valence-electron chi connectivity index (χ1n) is 10.5. The smallest absolute Gasteiger partial charge is 0.190 e. The van der Waals surface area contributed by atoms with Gasteiger partial charge < -0.3 is 25.0 Å². The molecule has 0 aromatic carbocycles. The quantitative estimate of drug-likeness (QED) is 0.211. The molecular weight excluding hydrogens is 455 g/mol. The molecule has 0 spiro atoms. The lowest BCUT2D eigenvalue weighted by atomic mass is 9.92. The molecule has 2 N–H and O–H groups in total. The molecule has 3 unspecified atom stereocenters. The molecule has 0 aliphatic carbocycles. The number of halogens is 1. The van der Waals surface area contributed by atoms with Crippen molar-refractivity contribution in [2.75, 3.05) is 59.6 Å². The largest absolute Gasteiger partial charge is 0.379 e. The van der Waals surface area contributed by atoms with E-state index in [1.807, 2.05) is 7.05 Å². The van der Waals surface area contributed by atoms with E-state index in [2.05, 4.69) is 34.4 Å². The molecular formula is C20H41IN4O2. The number of nitrogens with zero attached hydrogens (tertiary/aromatic N) is 2. The fourth-order valence-corrected chi connectivity index (χ4v) is 4.08. The molecule has 2 rings (SSSR count). The van der Waals surface area contributed by atoms with Crippen LogP contribution in [0.3, 0.4) is 0 Å². The molecule has 3 atom stereocenters. The Bertz CT molecular complexity index is 395. The van der Waals surface area contributed by atoms with Gasteiger partial charge in [-0.2, -0.15) is 0 Å². The van der Waals surface area contributed by atoms with Crippen LogP contribution in [-0.4, -0.2) is 76.6 Å². The van der Waals surface area contributed by atoms with Crippen LogP contribution in [0.2, 0.25) is 0 Å². The van der Waals surface area contributed by atoms with Crippen LogP contribution in [0.25, 0.3) is 0 Å². The highest BCUT2D eigenvalue weighted by Crippen LogP contribution is 2.20. The van der Waals surface area contributed by atoms with Crippen LogP contribution in [0, 0.1) is 11.8 Å². The zero-order valence-electron chi connectivity index (χ0n) is 17.5. The van der Waals surface area contributed by atoms with Crippen molar-refractivity contribution >= 4 is 29.9 Å². The lowest BCUT2D eigenvalue weighted by Crippen LogP contribution is -2.42. The fourth-order valence-electron chi connectivity index (χ4n) is 4.08. The highest BCUT2D eigenvalue weighted by atomic mass is 127. The molecule has 160 valence electrons. The molecule has 0 aromatic heterocycles. The Morgan fingerprint density at radius 2 is 1.85 bits per heavy atom. The van der Waals surface area contributed by atoms with Gasteiger partial charge in [-0.05, 0) is 50.5 Å². The number of ether oxygens (including phenoxy) is 2. The van der Waals surface area contributed by atoms with E-state index in [0.29, 0.717) is 6.10 Å². The van der Waals surface area contributed by atoms with Gasteiger partial charge in [0.15, 0.2) is 5.96 Å². The molecule has 27 heavy (non-hydrogen) atoms. The first-order valence-corrected chi connectivity index (χ1v) is 10.5. The predicted octanol–water partition coefficient (Wildman–Crippen LogP) is 2.72. The van der Waals surface area contributed by atoms with Crippen molar-refractivity contribution < 1.29 is 9.47 Å². The Morgan fingerprint density at radius 3 is 2.48 bits per heavy atom. The van der Waals surface area contributed by atoms with Crippen molar-refractivity contribution in [2.45, 2.75) is 52.1 Å². The number of hydrogen-bond donors (Lipinski definition) is 2. The highest BCUT2D eigenvalue weighted by Gasteiger charge is 2.21. The molecule has 2 aliphatic rings. The van der Waals surface area contributed by atoms with Crippen LogP contribution < -0.4 is 10.6 Å². The van der Waals surface area contributed by atoms with Gasteiger partial charge in [-0.15, -0.1) is 24.0 Å². The Labute approximate surface area is 183 Å². The van der Waals surface area contributed by atoms with Crippen LogP contribution in [-0.2, 0) is 9.47 Å². The van der Waals surface area contributed by atoms with Crippen LogP contribution in [0.15, 0.2) is 4.99 Å². The van der Waals surface area contributed by atoms with E-state index in [4.69, 9.17) is 9.47 Å². The molecule has 7 heteroatoms. The zero-order chi connectivity index (χ0) is 18.6. The zero-order valence-corrected chi connectivity index (χ0v) is 19.9. The van der Waals surface area contributed by atoms with Gasteiger partial charge in [-0.25, -0.2) is 0 Å². The summed E-state index contributed by atoms with van der Waals surface area (Å²) in [5.41, 5.74) is 0. The van der Waals surface area contributed by atoms with Gasteiger partial charge in [-0.3, -0.25) is 4.99 Å². The van der Waals surface area contributed by atoms with Crippen molar-refractivity contribution in [3.05, 3.63) is 0 Å². The van der Waals surface area contributed by atoms with Gasteiger partial charge in [0, 0.05) is 46.4 Å². The Kier molecular flexibility index (Phi) is 13.7. The third-order valence-corrected chi connectivity index (χ3v) is 5.20. The first-order chi connectivity index (χ1) is 12.7. The predicted molar refractivity (Wildman–Crippen MR) is 123 cm³/mol. The lowest BCUT2D eigenvalue weighted by molar-refractivity contribution is 0.0168. The second-order valence-electron chi connectivity index (χ2n) is 8.05. The van der Waals surface area contributed by atoms with E-state index < -0.39 is 0 Å². The number of hydrogen-bond acceptors (Lipinski definition) is 4. The van der Waals surface area contributed by atoms with Gasteiger partial charge in [0.2, 0.25) is 0 Å². The molecule has 0 radical (unpaired) electrons. The summed E-state index contributed by atoms with van der Waals surface area (Å²) in [5.74, 6) is 2.57. The average Bonchev–Trinajstić information content (AvgIpc) is 3.12. The molecule has 2 fully saturated rings. The maximum Gasteiger partial charge on any atom is 0.190 e. The number of guanidine groups is 1. The van der Waals surface area contributed by atoms with Gasteiger partial charge in [-0.1, -0.05) is 13.8 Å². The SMILES string of the molecule is CN=C(NCCCOCC1CCCO1)NCCCN1CC(C)CC(C)C1.I. The molecule has 2 aliphatic heterocycles. The standard InChI is InChI=1S/C20H40N4O2.HI/c1-17-13-18(2)15-24(14-17)10-5-8-22-20(21-3)23-9-6-11-25-16-19-7-4-12-26-19;/h17-19H,4-16H2,1-3H3,(H2,21,22,23);1H. The van der Waals surface area contributed by atoms with Gasteiger partial charge in [0.1, 0.15) is 0 Å². The highest BCUT2D eigenvalue weighted by molar-refractivity contribution is 14.0. The summed E-state index contributed by atoms with van der Waals surface area (Å²) in [5, 5.41) is 6.78. The maximum atomic E-state index is 5.69. The normalized spacial score (nSPS) is 26.6. The topological polar surface area (TPSA) is 58.1 Å². The van der Waals surface area contributed by atoms with Crippen LogP contribution in [0.4, 0.5) is 0 Å². The second-order valence-corrected chi connectivity index (χ2v) is 8.05. The van der Waals surface area contributed by atoms with Crippen molar-refractivity contribution in [1.82, 2.24) is 15.5 Å². The van der Waals surface area contributed by atoms with Crippen molar-refractivity contribution in [3.63, 3.8) is 0 Å². The van der Waals surface area contributed by atoms with Crippen LogP contribution in [0.5, 0.6) is 0 Å². The number of likely N-dealkylation sites (tertiary alicyclic amines) is 1. The van der Waals surface area contributed by atoms with Gasteiger partial charge >= 0.3 is 0 Å². The van der Waals surface area contributed by atoms with E-state index in [9.17, 15) is 0 Å². The average molecular weight is 496 g/mol. The fraction of sp³-hybridized carbons (Fsp3) is 0.950. The summed E-state index contributed by atoms with van der Waals surface area (Å²) in [6, 6.07) is 0. The summed E-state index contributed by atoms with van der Waals surface area (Å²) >= 11 is 0.